The minimum Gasteiger partial charge on any atom is -0.394 e. The number of hydrogen-bond donors (Lipinski definition) is 2. The summed E-state index contributed by atoms with van der Waals surface area (Å²) in [6, 6.07) is 8.78. The van der Waals surface area contributed by atoms with Gasteiger partial charge in [-0.1, -0.05) is 23.7 Å². The highest BCUT2D eigenvalue weighted by Crippen LogP contribution is 2.25. The van der Waals surface area contributed by atoms with Crippen molar-refractivity contribution in [2.75, 3.05) is 13.2 Å². The van der Waals surface area contributed by atoms with E-state index in [4.69, 9.17) is 11.6 Å². The van der Waals surface area contributed by atoms with Gasteiger partial charge < -0.3 is 10.4 Å². The number of rotatable bonds is 2. The van der Waals surface area contributed by atoms with E-state index in [2.05, 4.69) is 10.4 Å². The molecule has 19 heavy (non-hydrogen) atoms. The van der Waals surface area contributed by atoms with Crippen molar-refractivity contribution in [3.63, 3.8) is 0 Å². The minimum atomic E-state index is -0.222. The Balaban J connectivity index is 2.08. The zero-order chi connectivity index (χ0) is 13.4. The van der Waals surface area contributed by atoms with E-state index in [-0.39, 0.29) is 18.6 Å². The fourth-order valence-corrected chi connectivity index (χ4v) is 2.35. The molecule has 1 atom stereocenters. The van der Waals surface area contributed by atoms with E-state index in [0.717, 1.165) is 5.56 Å². The summed E-state index contributed by atoms with van der Waals surface area (Å²) in [6.07, 6.45) is 0. The third kappa shape index (κ3) is 2.11. The minimum absolute atomic E-state index is 0.0655. The highest BCUT2D eigenvalue weighted by molar-refractivity contribution is 6.30. The van der Waals surface area contributed by atoms with Gasteiger partial charge in [-0.3, -0.25) is 9.48 Å². The van der Waals surface area contributed by atoms with E-state index >= 15 is 0 Å². The standard InChI is InChI=1S/C13H12ClN3O2/c14-9-3-1-2-8(4-9)11-5-12-13(19)15-6-10(7-18)17(12)16-11/h1-5,10,18H,6-7H2,(H,15,19). The fraction of sp³-hybridized carbons (Fsp3) is 0.231. The summed E-state index contributed by atoms with van der Waals surface area (Å²) in [5.41, 5.74) is 1.98. The molecule has 0 saturated carbocycles. The lowest BCUT2D eigenvalue weighted by Crippen LogP contribution is -2.40. The highest BCUT2D eigenvalue weighted by atomic mass is 35.5. The fourth-order valence-electron chi connectivity index (χ4n) is 2.16. The van der Waals surface area contributed by atoms with Gasteiger partial charge in [0.2, 0.25) is 0 Å². The third-order valence-electron chi connectivity index (χ3n) is 3.14. The first kappa shape index (κ1) is 12.2. The molecule has 2 aromatic rings. The van der Waals surface area contributed by atoms with E-state index < -0.39 is 0 Å². The molecule has 0 saturated heterocycles. The van der Waals surface area contributed by atoms with Crippen LogP contribution in [0.4, 0.5) is 0 Å². The average molecular weight is 278 g/mol. The Morgan fingerprint density at radius 3 is 3.05 bits per heavy atom. The first-order chi connectivity index (χ1) is 9.19. The smallest absolute Gasteiger partial charge is 0.269 e. The topological polar surface area (TPSA) is 67.2 Å². The van der Waals surface area contributed by atoms with Crippen LogP contribution in [0.5, 0.6) is 0 Å². The largest absolute Gasteiger partial charge is 0.394 e. The monoisotopic (exact) mass is 277 g/mol. The normalized spacial score (nSPS) is 18.0. The molecule has 1 amide bonds. The Labute approximate surface area is 114 Å². The van der Waals surface area contributed by atoms with Crippen molar-refractivity contribution < 1.29 is 9.90 Å². The molecule has 0 aliphatic carbocycles. The zero-order valence-corrected chi connectivity index (χ0v) is 10.8. The molecule has 1 aromatic heterocycles. The van der Waals surface area contributed by atoms with E-state index in [1.165, 1.54) is 0 Å². The van der Waals surface area contributed by atoms with Gasteiger partial charge in [-0.25, -0.2) is 0 Å². The van der Waals surface area contributed by atoms with Crippen molar-refractivity contribution in [1.29, 1.82) is 0 Å². The van der Waals surface area contributed by atoms with Crippen LogP contribution < -0.4 is 5.32 Å². The van der Waals surface area contributed by atoms with Crippen LogP contribution in [0.25, 0.3) is 11.3 Å². The summed E-state index contributed by atoms with van der Waals surface area (Å²) in [7, 11) is 0. The number of fused-ring (bicyclic) bond motifs is 1. The second kappa shape index (κ2) is 4.68. The number of hydrogen-bond acceptors (Lipinski definition) is 3. The molecule has 0 spiro atoms. The van der Waals surface area contributed by atoms with Crippen molar-refractivity contribution in [3.05, 3.63) is 41.0 Å². The van der Waals surface area contributed by atoms with Gasteiger partial charge >= 0.3 is 0 Å². The number of carbonyl (C=O) groups is 1. The molecule has 2 heterocycles. The maximum atomic E-state index is 11.8. The molecule has 1 aliphatic heterocycles. The Morgan fingerprint density at radius 1 is 1.47 bits per heavy atom. The van der Waals surface area contributed by atoms with Gasteiger partial charge in [-0.05, 0) is 18.2 Å². The van der Waals surface area contributed by atoms with Gasteiger partial charge in [0.05, 0.1) is 18.3 Å². The number of aliphatic hydroxyl groups is 1. The third-order valence-corrected chi connectivity index (χ3v) is 3.38. The van der Waals surface area contributed by atoms with E-state index in [9.17, 15) is 9.90 Å². The van der Waals surface area contributed by atoms with Crippen LogP contribution in [0.3, 0.4) is 0 Å². The van der Waals surface area contributed by atoms with Crippen molar-refractivity contribution in [1.82, 2.24) is 15.1 Å². The molecular weight excluding hydrogens is 266 g/mol. The van der Waals surface area contributed by atoms with Crippen LogP contribution in [-0.2, 0) is 0 Å². The molecule has 0 bridgehead atoms. The quantitative estimate of drug-likeness (QED) is 0.874. The molecule has 5 nitrogen and oxygen atoms in total. The predicted octanol–water partition coefficient (Wildman–Crippen LogP) is 1.48. The van der Waals surface area contributed by atoms with Crippen LogP contribution in [-0.4, -0.2) is 33.9 Å². The van der Waals surface area contributed by atoms with Gasteiger partial charge in [-0.2, -0.15) is 5.10 Å². The lowest BCUT2D eigenvalue weighted by molar-refractivity contribution is 0.0888. The first-order valence-electron chi connectivity index (χ1n) is 5.93. The second-order valence-corrected chi connectivity index (χ2v) is 4.85. The molecule has 3 rings (SSSR count). The van der Waals surface area contributed by atoms with Crippen LogP contribution in [0.15, 0.2) is 30.3 Å². The van der Waals surface area contributed by atoms with Gasteiger partial charge in [0, 0.05) is 17.1 Å². The Kier molecular flexibility index (Phi) is 3.00. The van der Waals surface area contributed by atoms with Crippen molar-refractivity contribution >= 4 is 17.5 Å². The number of carbonyl (C=O) groups excluding carboxylic acids is 1. The summed E-state index contributed by atoms with van der Waals surface area (Å²) < 4.78 is 1.58. The first-order valence-corrected chi connectivity index (χ1v) is 6.31. The lowest BCUT2D eigenvalue weighted by atomic mass is 10.1. The van der Waals surface area contributed by atoms with Gasteiger partial charge in [0.1, 0.15) is 5.69 Å². The molecule has 6 heteroatoms. The van der Waals surface area contributed by atoms with Crippen molar-refractivity contribution in [2.24, 2.45) is 0 Å². The summed E-state index contributed by atoms with van der Waals surface area (Å²) >= 11 is 5.95. The average Bonchev–Trinajstić information content (AvgIpc) is 2.85. The summed E-state index contributed by atoms with van der Waals surface area (Å²) in [5.74, 6) is -0.175. The van der Waals surface area contributed by atoms with E-state index in [1.807, 2.05) is 12.1 Å². The predicted molar refractivity (Wildman–Crippen MR) is 71.1 cm³/mol. The maximum Gasteiger partial charge on any atom is 0.269 e. The van der Waals surface area contributed by atoms with Crippen molar-refractivity contribution in [2.45, 2.75) is 6.04 Å². The Hall–Kier alpha value is -1.85. The summed E-state index contributed by atoms with van der Waals surface area (Å²) in [4.78, 5) is 11.8. The number of nitrogens with zero attached hydrogens (tertiary/aromatic N) is 2. The molecule has 1 aliphatic rings. The van der Waals surface area contributed by atoms with Gasteiger partial charge in [0.25, 0.3) is 5.91 Å². The van der Waals surface area contributed by atoms with Crippen LogP contribution in [0.2, 0.25) is 5.02 Å². The molecule has 1 unspecified atom stereocenters. The van der Waals surface area contributed by atoms with E-state index in [1.54, 1.807) is 22.9 Å². The SMILES string of the molecule is O=C1NCC(CO)n2nc(-c3cccc(Cl)c3)cc21. The number of aliphatic hydroxyl groups excluding tert-OH is 1. The highest BCUT2D eigenvalue weighted by Gasteiger charge is 2.26. The molecule has 2 N–H and O–H groups in total. The van der Waals surface area contributed by atoms with Gasteiger partial charge in [0.15, 0.2) is 0 Å². The van der Waals surface area contributed by atoms with Crippen molar-refractivity contribution in [3.8, 4) is 11.3 Å². The summed E-state index contributed by atoms with van der Waals surface area (Å²) in [6.45, 7) is 0.322. The van der Waals surface area contributed by atoms with Crippen LogP contribution >= 0.6 is 11.6 Å². The molecule has 1 aromatic carbocycles. The lowest BCUT2D eigenvalue weighted by Gasteiger charge is -2.22. The summed E-state index contributed by atoms with van der Waals surface area (Å²) in [5, 5.41) is 17.1. The van der Waals surface area contributed by atoms with Crippen LogP contribution in [0.1, 0.15) is 16.5 Å². The maximum absolute atomic E-state index is 11.8. The zero-order valence-electron chi connectivity index (χ0n) is 10.0. The van der Waals surface area contributed by atoms with Gasteiger partial charge in [-0.15, -0.1) is 0 Å². The molecule has 98 valence electrons. The molecule has 0 fully saturated rings. The Bertz CT molecular complexity index is 639. The molecule has 0 radical (unpaired) electrons. The van der Waals surface area contributed by atoms with Crippen LogP contribution in [0, 0.1) is 0 Å². The molecular formula is C13H12ClN3O2. The van der Waals surface area contributed by atoms with E-state index in [0.29, 0.717) is 23.0 Å². The number of nitrogens with one attached hydrogen (secondary N) is 1. The number of halogens is 1. The number of benzene rings is 1. The Morgan fingerprint density at radius 2 is 2.32 bits per heavy atom. The second-order valence-electron chi connectivity index (χ2n) is 4.42. The number of aromatic nitrogens is 2. The number of amides is 1.